The van der Waals surface area contributed by atoms with Gasteiger partial charge in [-0.15, -0.1) is 0 Å². The molecule has 0 radical (unpaired) electrons. The maximum absolute atomic E-state index is 12.1. The van der Waals surface area contributed by atoms with E-state index in [1.54, 1.807) is 0 Å². The van der Waals surface area contributed by atoms with Gasteiger partial charge >= 0.3 is 0 Å². The van der Waals surface area contributed by atoms with Crippen LogP contribution in [-0.2, 0) is 4.79 Å². The fraction of sp³-hybridized carbons (Fsp3) is 0.950. The summed E-state index contributed by atoms with van der Waals surface area (Å²) >= 11 is 0. The fourth-order valence-electron chi connectivity index (χ4n) is 4.76. The Morgan fingerprint density at radius 2 is 1.68 bits per heavy atom. The van der Waals surface area contributed by atoms with Crippen LogP contribution in [0.3, 0.4) is 0 Å². The zero-order valence-corrected chi connectivity index (χ0v) is 14.9. The first-order valence-corrected chi connectivity index (χ1v) is 10.00. The van der Waals surface area contributed by atoms with E-state index in [1.807, 2.05) is 0 Å². The molecule has 0 heterocycles. The summed E-state index contributed by atoms with van der Waals surface area (Å²) in [6, 6.07) is 0.400. The van der Waals surface area contributed by atoms with E-state index >= 15 is 0 Å². The van der Waals surface area contributed by atoms with Crippen LogP contribution >= 0.6 is 0 Å². The molecule has 22 heavy (non-hydrogen) atoms. The van der Waals surface area contributed by atoms with Crippen LogP contribution in [-0.4, -0.2) is 11.9 Å². The van der Waals surface area contributed by atoms with Crippen molar-refractivity contribution in [1.82, 2.24) is 5.32 Å². The number of rotatable bonds is 11. The lowest BCUT2D eigenvalue weighted by atomic mass is 9.84. The van der Waals surface area contributed by atoms with Gasteiger partial charge in [0.1, 0.15) is 0 Å². The molecule has 0 aromatic heterocycles. The third-order valence-electron chi connectivity index (χ3n) is 6.08. The number of carbonyl (C=O) groups is 1. The molecule has 0 spiro atoms. The number of amides is 1. The molecule has 4 unspecified atom stereocenters. The van der Waals surface area contributed by atoms with Gasteiger partial charge in [0.2, 0.25) is 5.91 Å². The van der Waals surface area contributed by atoms with Gasteiger partial charge in [0.05, 0.1) is 0 Å². The molecule has 0 aromatic carbocycles. The van der Waals surface area contributed by atoms with Crippen molar-refractivity contribution in [2.75, 3.05) is 0 Å². The van der Waals surface area contributed by atoms with Crippen LogP contribution in [0.25, 0.3) is 0 Å². The van der Waals surface area contributed by atoms with Gasteiger partial charge in [-0.05, 0) is 50.4 Å². The Morgan fingerprint density at radius 3 is 2.27 bits per heavy atom. The summed E-state index contributed by atoms with van der Waals surface area (Å²) in [6.07, 6.45) is 16.8. The topological polar surface area (TPSA) is 29.1 Å². The van der Waals surface area contributed by atoms with Crippen molar-refractivity contribution in [2.45, 2.75) is 103 Å². The zero-order chi connectivity index (χ0) is 15.8. The van der Waals surface area contributed by atoms with Crippen LogP contribution < -0.4 is 5.32 Å². The highest BCUT2D eigenvalue weighted by molar-refractivity contribution is 5.76. The lowest BCUT2D eigenvalue weighted by Crippen LogP contribution is -2.40. The quantitative estimate of drug-likeness (QED) is 0.505. The van der Waals surface area contributed by atoms with E-state index in [2.05, 4.69) is 19.2 Å². The first-order valence-electron chi connectivity index (χ1n) is 10.00. The number of carbonyl (C=O) groups excluding carboxylic acids is 1. The lowest BCUT2D eigenvalue weighted by molar-refractivity contribution is -0.122. The SMILES string of the molecule is CCCCCCCCCCC(=O)NC(C)C1CC2CCC1C2. The maximum atomic E-state index is 12.1. The van der Waals surface area contributed by atoms with Crippen molar-refractivity contribution in [3.05, 3.63) is 0 Å². The van der Waals surface area contributed by atoms with Crippen molar-refractivity contribution in [3.8, 4) is 0 Å². The second-order valence-electron chi connectivity index (χ2n) is 7.92. The molecule has 2 nitrogen and oxygen atoms in total. The van der Waals surface area contributed by atoms with Gasteiger partial charge in [0, 0.05) is 12.5 Å². The zero-order valence-electron chi connectivity index (χ0n) is 14.9. The van der Waals surface area contributed by atoms with Crippen LogP contribution in [0.15, 0.2) is 0 Å². The number of fused-ring (bicyclic) bond motifs is 2. The maximum Gasteiger partial charge on any atom is 0.220 e. The molecule has 4 atom stereocenters. The Morgan fingerprint density at radius 1 is 1.00 bits per heavy atom. The monoisotopic (exact) mass is 307 g/mol. The molecule has 2 saturated carbocycles. The van der Waals surface area contributed by atoms with E-state index in [1.165, 1.54) is 70.6 Å². The second-order valence-corrected chi connectivity index (χ2v) is 7.92. The average molecular weight is 308 g/mol. The molecule has 2 heteroatoms. The molecule has 0 aliphatic heterocycles. The molecule has 2 bridgehead atoms. The molecule has 2 aliphatic carbocycles. The molecule has 2 aliphatic rings. The van der Waals surface area contributed by atoms with E-state index in [0.717, 1.165) is 30.6 Å². The predicted octanol–water partition coefficient (Wildman–Crippen LogP) is 5.46. The number of nitrogens with one attached hydrogen (secondary N) is 1. The smallest absolute Gasteiger partial charge is 0.220 e. The number of hydrogen-bond donors (Lipinski definition) is 1. The van der Waals surface area contributed by atoms with Crippen molar-refractivity contribution < 1.29 is 4.79 Å². The first-order chi connectivity index (χ1) is 10.7. The van der Waals surface area contributed by atoms with E-state index < -0.39 is 0 Å². The van der Waals surface area contributed by atoms with Gasteiger partial charge in [-0.25, -0.2) is 0 Å². The average Bonchev–Trinajstić information content (AvgIpc) is 3.12. The second kappa shape index (κ2) is 9.57. The van der Waals surface area contributed by atoms with Gasteiger partial charge in [0.25, 0.3) is 0 Å². The third kappa shape index (κ3) is 5.59. The highest BCUT2D eigenvalue weighted by Gasteiger charge is 2.41. The summed E-state index contributed by atoms with van der Waals surface area (Å²) in [6.45, 7) is 4.49. The summed E-state index contributed by atoms with van der Waals surface area (Å²) in [7, 11) is 0. The molecule has 0 aromatic rings. The van der Waals surface area contributed by atoms with Crippen LogP contribution in [0.4, 0.5) is 0 Å². The van der Waals surface area contributed by atoms with Crippen LogP contribution in [0.5, 0.6) is 0 Å². The summed E-state index contributed by atoms with van der Waals surface area (Å²) in [5.74, 6) is 2.94. The summed E-state index contributed by atoms with van der Waals surface area (Å²) in [4.78, 5) is 12.1. The minimum absolute atomic E-state index is 0.293. The normalized spacial score (nSPS) is 28.0. The highest BCUT2D eigenvalue weighted by Crippen LogP contribution is 2.49. The molecular formula is C20H37NO. The van der Waals surface area contributed by atoms with Crippen molar-refractivity contribution in [2.24, 2.45) is 17.8 Å². The van der Waals surface area contributed by atoms with Gasteiger partial charge in [0.15, 0.2) is 0 Å². The molecule has 1 amide bonds. The van der Waals surface area contributed by atoms with Gasteiger partial charge < -0.3 is 5.32 Å². The minimum atomic E-state index is 0.293. The van der Waals surface area contributed by atoms with Gasteiger partial charge in [-0.1, -0.05) is 58.3 Å². The summed E-state index contributed by atoms with van der Waals surface area (Å²) in [5.41, 5.74) is 0. The van der Waals surface area contributed by atoms with Gasteiger partial charge in [-0.3, -0.25) is 4.79 Å². The Balaban J connectivity index is 1.47. The molecule has 128 valence electrons. The third-order valence-corrected chi connectivity index (χ3v) is 6.08. The van der Waals surface area contributed by atoms with Crippen molar-refractivity contribution in [1.29, 1.82) is 0 Å². The summed E-state index contributed by atoms with van der Waals surface area (Å²) in [5, 5.41) is 3.29. The molecule has 2 fully saturated rings. The molecular weight excluding hydrogens is 270 g/mol. The highest BCUT2D eigenvalue weighted by atomic mass is 16.1. The Labute approximate surface area is 137 Å². The van der Waals surface area contributed by atoms with E-state index in [-0.39, 0.29) is 0 Å². The molecule has 1 N–H and O–H groups in total. The first kappa shape index (κ1) is 17.8. The van der Waals surface area contributed by atoms with Crippen molar-refractivity contribution in [3.63, 3.8) is 0 Å². The number of hydrogen-bond acceptors (Lipinski definition) is 1. The Kier molecular flexibility index (Phi) is 7.75. The minimum Gasteiger partial charge on any atom is -0.353 e. The lowest BCUT2D eigenvalue weighted by Gasteiger charge is -2.28. The Hall–Kier alpha value is -0.530. The fourth-order valence-corrected chi connectivity index (χ4v) is 4.76. The molecule has 2 rings (SSSR count). The summed E-state index contributed by atoms with van der Waals surface area (Å²) < 4.78 is 0. The number of unbranched alkanes of at least 4 members (excludes halogenated alkanes) is 7. The van der Waals surface area contributed by atoms with E-state index in [9.17, 15) is 4.79 Å². The molecule has 0 saturated heterocycles. The van der Waals surface area contributed by atoms with Gasteiger partial charge in [-0.2, -0.15) is 0 Å². The van der Waals surface area contributed by atoms with Crippen LogP contribution in [0.1, 0.15) is 97.3 Å². The van der Waals surface area contributed by atoms with Crippen molar-refractivity contribution >= 4 is 5.91 Å². The van der Waals surface area contributed by atoms with E-state index in [0.29, 0.717) is 11.9 Å². The standard InChI is InChI=1S/C20H37NO/c1-3-4-5-6-7-8-9-10-11-20(22)21-16(2)19-15-17-12-13-18(19)14-17/h16-19H,3-15H2,1-2H3,(H,21,22). The van der Waals surface area contributed by atoms with Crippen LogP contribution in [0.2, 0.25) is 0 Å². The Bertz CT molecular complexity index is 328. The van der Waals surface area contributed by atoms with Crippen LogP contribution in [0, 0.1) is 17.8 Å². The van der Waals surface area contributed by atoms with E-state index in [4.69, 9.17) is 0 Å². The largest absolute Gasteiger partial charge is 0.353 e. The predicted molar refractivity (Wildman–Crippen MR) is 93.8 cm³/mol.